The summed E-state index contributed by atoms with van der Waals surface area (Å²) in [5, 5.41) is 4.13. The van der Waals surface area contributed by atoms with Crippen molar-refractivity contribution in [2.24, 2.45) is 0 Å². The number of aromatic nitrogens is 2. The Morgan fingerprint density at radius 2 is 1.81 bits per heavy atom. The minimum atomic E-state index is -0.133. The Bertz CT molecular complexity index is 1040. The fourth-order valence-corrected chi connectivity index (χ4v) is 3.86. The molecule has 0 radical (unpaired) electrons. The van der Waals surface area contributed by atoms with Crippen LogP contribution in [0.1, 0.15) is 35.0 Å². The lowest BCUT2D eigenvalue weighted by atomic mass is 9.97. The van der Waals surface area contributed by atoms with Crippen molar-refractivity contribution in [3.8, 4) is 28.6 Å². The van der Waals surface area contributed by atoms with Crippen LogP contribution in [0.15, 0.2) is 47.0 Å². The topological polar surface area (TPSA) is 86.9 Å². The van der Waals surface area contributed by atoms with Crippen molar-refractivity contribution >= 4 is 5.91 Å². The van der Waals surface area contributed by atoms with E-state index in [9.17, 15) is 4.79 Å². The molecule has 1 aliphatic heterocycles. The SMILES string of the molecule is COc1cccc(-c2noc([C@@H]3CCCN(C(=O)c4c(OC)cccc4OC)C3)n2)c1. The fourth-order valence-electron chi connectivity index (χ4n) is 3.86. The molecule has 1 amide bonds. The van der Waals surface area contributed by atoms with Gasteiger partial charge in [0.2, 0.25) is 11.7 Å². The van der Waals surface area contributed by atoms with Crippen LogP contribution in [0.3, 0.4) is 0 Å². The molecule has 0 saturated carbocycles. The van der Waals surface area contributed by atoms with E-state index in [4.69, 9.17) is 18.7 Å². The molecule has 1 fully saturated rings. The van der Waals surface area contributed by atoms with Crippen molar-refractivity contribution in [3.05, 3.63) is 53.9 Å². The largest absolute Gasteiger partial charge is 0.497 e. The number of benzene rings is 2. The minimum Gasteiger partial charge on any atom is -0.497 e. The smallest absolute Gasteiger partial charge is 0.261 e. The van der Waals surface area contributed by atoms with Crippen molar-refractivity contribution in [3.63, 3.8) is 0 Å². The molecular formula is C23H25N3O5. The predicted molar refractivity (Wildman–Crippen MR) is 114 cm³/mol. The van der Waals surface area contributed by atoms with Crippen LogP contribution in [0.25, 0.3) is 11.4 Å². The lowest BCUT2D eigenvalue weighted by molar-refractivity contribution is 0.0688. The number of hydrogen-bond acceptors (Lipinski definition) is 7. The van der Waals surface area contributed by atoms with Gasteiger partial charge in [-0.15, -0.1) is 0 Å². The summed E-state index contributed by atoms with van der Waals surface area (Å²) in [4.78, 5) is 19.7. The first-order valence-electron chi connectivity index (χ1n) is 10.1. The van der Waals surface area contributed by atoms with Crippen molar-refractivity contribution in [1.29, 1.82) is 0 Å². The van der Waals surface area contributed by atoms with Gasteiger partial charge in [-0.05, 0) is 37.1 Å². The maximum Gasteiger partial charge on any atom is 0.261 e. The summed E-state index contributed by atoms with van der Waals surface area (Å²) in [6.07, 6.45) is 1.71. The molecule has 1 saturated heterocycles. The molecule has 2 aromatic carbocycles. The first kappa shape index (κ1) is 20.7. The van der Waals surface area contributed by atoms with Gasteiger partial charge in [0, 0.05) is 18.7 Å². The Balaban J connectivity index is 1.55. The molecule has 1 aromatic heterocycles. The molecule has 1 atom stereocenters. The van der Waals surface area contributed by atoms with E-state index in [1.54, 1.807) is 44.4 Å². The van der Waals surface area contributed by atoms with Crippen molar-refractivity contribution in [1.82, 2.24) is 15.0 Å². The number of hydrogen-bond donors (Lipinski definition) is 0. The van der Waals surface area contributed by atoms with Crippen LogP contribution in [0.4, 0.5) is 0 Å². The number of carbonyl (C=O) groups is 1. The molecule has 0 bridgehead atoms. The minimum absolute atomic E-state index is 0.0368. The second-order valence-electron chi connectivity index (χ2n) is 7.32. The second kappa shape index (κ2) is 9.07. The highest BCUT2D eigenvalue weighted by molar-refractivity contribution is 5.99. The summed E-state index contributed by atoms with van der Waals surface area (Å²) >= 11 is 0. The van der Waals surface area contributed by atoms with E-state index in [2.05, 4.69) is 10.1 Å². The maximum atomic E-state index is 13.3. The average molecular weight is 423 g/mol. The third-order valence-electron chi connectivity index (χ3n) is 5.47. The van der Waals surface area contributed by atoms with E-state index >= 15 is 0 Å². The Hall–Kier alpha value is -3.55. The molecule has 162 valence electrons. The number of carbonyl (C=O) groups excluding carboxylic acids is 1. The zero-order chi connectivity index (χ0) is 21.8. The lowest BCUT2D eigenvalue weighted by Crippen LogP contribution is -2.39. The van der Waals surface area contributed by atoms with E-state index < -0.39 is 0 Å². The van der Waals surface area contributed by atoms with Crippen molar-refractivity contribution < 1.29 is 23.5 Å². The zero-order valence-corrected chi connectivity index (χ0v) is 17.8. The first-order chi connectivity index (χ1) is 15.1. The summed E-state index contributed by atoms with van der Waals surface area (Å²) < 4.78 is 21.6. The quantitative estimate of drug-likeness (QED) is 0.596. The van der Waals surface area contributed by atoms with Crippen LogP contribution in [0, 0.1) is 0 Å². The summed E-state index contributed by atoms with van der Waals surface area (Å²) in [5.41, 5.74) is 1.24. The van der Waals surface area contributed by atoms with Gasteiger partial charge in [0.05, 0.1) is 27.2 Å². The molecule has 2 heterocycles. The maximum absolute atomic E-state index is 13.3. The molecule has 31 heavy (non-hydrogen) atoms. The highest BCUT2D eigenvalue weighted by atomic mass is 16.5. The molecule has 4 rings (SSSR count). The number of piperidine rings is 1. The van der Waals surface area contributed by atoms with Crippen LogP contribution < -0.4 is 14.2 Å². The Kier molecular flexibility index (Phi) is 6.06. The van der Waals surface area contributed by atoms with Gasteiger partial charge < -0.3 is 23.6 Å². The molecular weight excluding hydrogens is 398 g/mol. The van der Waals surface area contributed by atoms with E-state index in [-0.39, 0.29) is 11.8 Å². The third-order valence-corrected chi connectivity index (χ3v) is 5.47. The van der Waals surface area contributed by atoms with Gasteiger partial charge >= 0.3 is 0 Å². The molecule has 8 nitrogen and oxygen atoms in total. The van der Waals surface area contributed by atoms with E-state index in [0.29, 0.717) is 41.9 Å². The van der Waals surface area contributed by atoms with Crippen molar-refractivity contribution in [2.45, 2.75) is 18.8 Å². The molecule has 0 unspecified atom stereocenters. The Labute approximate surface area is 180 Å². The summed E-state index contributed by atoms with van der Waals surface area (Å²) in [7, 11) is 4.71. The van der Waals surface area contributed by atoms with Gasteiger partial charge in [-0.1, -0.05) is 23.4 Å². The fraction of sp³-hybridized carbons (Fsp3) is 0.348. The molecule has 8 heteroatoms. The van der Waals surface area contributed by atoms with Crippen LogP contribution in [0.2, 0.25) is 0 Å². The molecule has 0 N–H and O–H groups in total. The molecule has 0 spiro atoms. The van der Waals surface area contributed by atoms with Crippen LogP contribution in [-0.4, -0.2) is 55.4 Å². The number of ether oxygens (including phenoxy) is 3. The first-order valence-corrected chi connectivity index (χ1v) is 10.1. The molecule has 0 aliphatic carbocycles. The third kappa shape index (κ3) is 4.19. The van der Waals surface area contributed by atoms with Gasteiger partial charge in [-0.3, -0.25) is 4.79 Å². The molecule has 1 aliphatic rings. The van der Waals surface area contributed by atoms with Gasteiger partial charge in [-0.25, -0.2) is 0 Å². The standard InChI is InChI=1S/C23H25N3O5/c1-28-17-9-4-7-15(13-17)21-24-22(31-25-21)16-8-6-12-26(14-16)23(27)20-18(29-2)10-5-11-19(20)30-3/h4-5,7,9-11,13,16H,6,8,12,14H2,1-3H3/t16-/m1/s1. The number of rotatable bonds is 6. The van der Waals surface area contributed by atoms with Crippen LogP contribution in [-0.2, 0) is 0 Å². The van der Waals surface area contributed by atoms with Gasteiger partial charge in [0.1, 0.15) is 22.8 Å². The summed E-state index contributed by atoms with van der Waals surface area (Å²) in [5.74, 6) is 2.57. The Morgan fingerprint density at radius 3 is 2.52 bits per heavy atom. The average Bonchev–Trinajstić information content (AvgIpc) is 3.33. The molecule has 3 aromatic rings. The normalized spacial score (nSPS) is 16.1. The summed E-state index contributed by atoms with van der Waals surface area (Å²) in [6, 6.07) is 12.8. The van der Waals surface area contributed by atoms with Gasteiger partial charge in [-0.2, -0.15) is 4.98 Å². The Morgan fingerprint density at radius 1 is 1.06 bits per heavy atom. The number of methoxy groups -OCH3 is 3. The monoisotopic (exact) mass is 423 g/mol. The lowest BCUT2D eigenvalue weighted by Gasteiger charge is -2.31. The van der Waals surface area contributed by atoms with E-state index in [0.717, 1.165) is 24.2 Å². The number of likely N-dealkylation sites (tertiary alicyclic amines) is 1. The van der Waals surface area contributed by atoms with Crippen LogP contribution >= 0.6 is 0 Å². The van der Waals surface area contributed by atoms with Crippen LogP contribution in [0.5, 0.6) is 17.2 Å². The van der Waals surface area contributed by atoms with Gasteiger partial charge in [0.15, 0.2) is 0 Å². The second-order valence-corrected chi connectivity index (χ2v) is 7.32. The van der Waals surface area contributed by atoms with Crippen molar-refractivity contribution in [2.75, 3.05) is 34.4 Å². The summed E-state index contributed by atoms with van der Waals surface area (Å²) in [6.45, 7) is 1.13. The van der Waals surface area contributed by atoms with Gasteiger partial charge in [0.25, 0.3) is 5.91 Å². The van der Waals surface area contributed by atoms with E-state index in [1.165, 1.54) is 0 Å². The number of amides is 1. The van der Waals surface area contributed by atoms with E-state index in [1.807, 2.05) is 24.3 Å². The number of nitrogens with zero attached hydrogens (tertiary/aromatic N) is 3. The highest BCUT2D eigenvalue weighted by Crippen LogP contribution is 2.33. The zero-order valence-electron chi connectivity index (χ0n) is 17.8. The predicted octanol–water partition coefficient (Wildman–Crippen LogP) is 3.78. The highest BCUT2D eigenvalue weighted by Gasteiger charge is 2.31.